The van der Waals surface area contributed by atoms with E-state index in [2.05, 4.69) is 25.8 Å². The molecule has 12 heavy (non-hydrogen) atoms. The average molecular weight is 171 g/mol. The largest absolute Gasteiger partial charge is 0.370 e. The highest BCUT2D eigenvalue weighted by atomic mass is 15.2. The van der Waals surface area contributed by atoms with Crippen LogP contribution in [0.4, 0.5) is 0 Å². The lowest BCUT2D eigenvalue weighted by molar-refractivity contribution is 0.375. The Labute approximate surface area is 75.7 Å². The van der Waals surface area contributed by atoms with Crippen molar-refractivity contribution in [2.75, 3.05) is 13.6 Å². The third kappa shape index (κ3) is 3.60. The summed E-state index contributed by atoms with van der Waals surface area (Å²) in [7, 11) is 1.99. The van der Waals surface area contributed by atoms with Crippen molar-refractivity contribution in [2.24, 2.45) is 10.7 Å². The van der Waals surface area contributed by atoms with E-state index in [1.165, 1.54) is 0 Å². The van der Waals surface area contributed by atoms with Crippen LogP contribution in [0.5, 0.6) is 0 Å². The second kappa shape index (κ2) is 5.86. The molecule has 3 nitrogen and oxygen atoms in total. The van der Waals surface area contributed by atoms with E-state index in [0.29, 0.717) is 12.0 Å². The van der Waals surface area contributed by atoms with E-state index in [9.17, 15) is 0 Å². The lowest BCUT2D eigenvalue weighted by Crippen LogP contribution is -2.40. The van der Waals surface area contributed by atoms with Crippen LogP contribution in [-0.4, -0.2) is 30.5 Å². The fourth-order valence-corrected chi connectivity index (χ4v) is 0.838. The third-order valence-corrected chi connectivity index (χ3v) is 2.11. The van der Waals surface area contributed by atoms with E-state index in [1.807, 2.05) is 11.9 Å². The minimum atomic E-state index is 0.477. The highest BCUT2D eigenvalue weighted by molar-refractivity contribution is 5.78. The molecule has 0 bridgehead atoms. The third-order valence-electron chi connectivity index (χ3n) is 2.11. The molecule has 0 rings (SSSR count). The monoisotopic (exact) mass is 171 g/mol. The fourth-order valence-electron chi connectivity index (χ4n) is 0.838. The van der Waals surface area contributed by atoms with Crippen molar-refractivity contribution < 1.29 is 0 Å². The molecular formula is C9H21N3. The Hall–Kier alpha value is -0.730. The Morgan fingerprint density at radius 3 is 2.50 bits per heavy atom. The molecule has 0 aromatic carbocycles. The van der Waals surface area contributed by atoms with Crippen LogP contribution in [0.25, 0.3) is 0 Å². The second-order valence-corrected chi connectivity index (χ2v) is 3.11. The van der Waals surface area contributed by atoms with Gasteiger partial charge in [-0.05, 0) is 19.8 Å². The fraction of sp³-hybridized carbons (Fsp3) is 0.889. The number of guanidine groups is 1. The van der Waals surface area contributed by atoms with Crippen LogP contribution in [0.15, 0.2) is 4.99 Å². The lowest BCUT2D eigenvalue weighted by Gasteiger charge is -2.24. The van der Waals surface area contributed by atoms with E-state index in [-0.39, 0.29) is 0 Å². The van der Waals surface area contributed by atoms with Crippen molar-refractivity contribution in [2.45, 2.75) is 39.7 Å². The van der Waals surface area contributed by atoms with Gasteiger partial charge in [-0.3, -0.25) is 4.99 Å². The Morgan fingerprint density at radius 2 is 2.08 bits per heavy atom. The Kier molecular flexibility index (Phi) is 5.51. The molecule has 0 aromatic rings. The van der Waals surface area contributed by atoms with Crippen molar-refractivity contribution in [1.29, 1.82) is 0 Å². The summed E-state index contributed by atoms with van der Waals surface area (Å²) in [6.45, 7) is 7.22. The van der Waals surface area contributed by atoms with Gasteiger partial charge in [0.15, 0.2) is 5.96 Å². The molecule has 0 aliphatic carbocycles. The maximum absolute atomic E-state index is 5.76. The summed E-state index contributed by atoms with van der Waals surface area (Å²) in [5.41, 5.74) is 5.76. The Morgan fingerprint density at radius 1 is 1.50 bits per heavy atom. The first-order valence-electron chi connectivity index (χ1n) is 4.66. The highest BCUT2D eigenvalue weighted by Gasteiger charge is 2.07. The summed E-state index contributed by atoms with van der Waals surface area (Å²) in [6, 6.07) is 0.477. The predicted molar refractivity (Wildman–Crippen MR) is 54.3 cm³/mol. The average Bonchev–Trinajstić information content (AvgIpc) is 2.11. The Balaban J connectivity index is 3.98. The quantitative estimate of drug-likeness (QED) is 0.513. The molecule has 72 valence electrons. The maximum atomic E-state index is 5.76. The first-order chi connectivity index (χ1) is 5.63. The zero-order valence-electron chi connectivity index (χ0n) is 8.67. The van der Waals surface area contributed by atoms with Gasteiger partial charge in [-0.25, -0.2) is 0 Å². The molecule has 0 radical (unpaired) electrons. The summed E-state index contributed by atoms with van der Waals surface area (Å²) in [5.74, 6) is 0.659. The van der Waals surface area contributed by atoms with E-state index >= 15 is 0 Å². The molecule has 1 atom stereocenters. The van der Waals surface area contributed by atoms with Crippen LogP contribution >= 0.6 is 0 Å². The maximum Gasteiger partial charge on any atom is 0.191 e. The molecule has 0 aromatic heterocycles. The first-order valence-corrected chi connectivity index (χ1v) is 4.66. The minimum Gasteiger partial charge on any atom is -0.370 e. The number of hydrogen-bond acceptors (Lipinski definition) is 1. The van der Waals surface area contributed by atoms with Crippen molar-refractivity contribution in [1.82, 2.24) is 4.90 Å². The molecule has 3 heteroatoms. The number of nitrogens with zero attached hydrogens (tertiary/aromatic N) is 2. The lowest BCUT2D eigenvalue weighted by atomic mass is 10.2. The molecular weight excluding hydrogens is 150 g/mol. The zero-order valence-corrected chi connectivity index (χ0v) is 8.67. The van der Waals surface area contributed by atoms with E-state index < -0.39 is 0 Å². The molecule has 1 unspecified atom stereocenters. The van der Waals surface area contributed by atoms with E-state index in [0.717, 1.165) is 19.4 Å². The van der Waals surface area contributed by atoms with E-state index in [4.69, 9.17) is 5.73 Å². The van der Waals surface area contributed by atoms with Gasteiger partial charge in [0.25, 0.3) is 0 Å². The van der Waals surface area contributed by atoms with Gasteiger partial charge in [-0.2, -0.15) is 0 Å². The first kappa shape index (κ1) is 11.3. The van der Waals surface area contributed by atoms with Crippen molar-refractivity contribution >= 4 is 5.96 Å². The topological polar surface area (TPSA) is 41.6 Å². The molecule has 0 aliphatic rings. The standard InChI is InChI=1S/C9H21N3/c1-5-7-11-9(10)12(4)8(3)6-2/h8H,5-7H2,1-4H3,(H2,10,11). The minimum absolute atomic E-state index is 0.477. The van der Waals surface area contributed by atoms with E-state index in [1.54, 1.807) is 0 Å². The van der Waals surface area contributed by atoms with Crippen molar-refractivity contribution in [3.05, 3.63) is 0 Å². The predicted octanol–water partition coefficient (Wildman–Crippen LogP) is 1.44. The Bertz CT molecular complexity index is 143. The molecule has 0 aliphatic heterocycles. The second-order valence-electron chi connectivity index (χ2n) is 3.11. The van der Waals surface area contributed by atoms with Gasteiger partial charge in [0, 0.05) is 19.6 Å². The van der Waals surface area contributed by atoms with Gasteiger partial charge in [-0.1, -0.05) is 13.8 Å². The smallest absolute Gasteiger partial charge is 0.191 e. The van der Waals surface area contributed by atoms with Crippen LogP contribution in [-0.2, 0) is 0 Å². The summed E-state index contributed by atoms with van der Waals surface area (Å²) >= 11 is 0. The molecule has 0 spiro atoms. The van der Waals surface area contributed by atoms with Gasteiger partial charge in [0.2, 0.25) is 0 Å². The highest BCUT2D eigenvalue weighted by Crippen LogP contribution is 1.99. The van der Waals surface area contributed by atoms with Gasteiger partial charge in [0.1, 0.15) is 0 Å². The number of nitrogens with two attached hydrogens (primary N) is 1. The van der Waals surface area contributed by atoms with Crippen LogP contribution in [0, 0.1) is 0 Å². The van der Waals surface area contributed by atoms with Gasteiger partial charge in [0.05, 0.1) is 0 Å². The molecule has 2 N–H and O–H groups in total. The normalized spacial score (nSPS) is 14.5. The van der Waals surface area contributed by atoms with Gasteiger partial charge < -0.3 is 10.6 Å². The summed E-state index contributed by atoms with van der Waals surface area (Å²) in [5, 5.41) is 0. The van der Waals surface area contributed by atoms with Gasteiger partial charge >= 0.3 is 0 Å². The molecule has 0 saturated heterocycles. The molecule has 0 fully saturated rings. The SMILES string of the molecule is CCCN=C(N)N(C)C(C)CC. The number of hydrogen-bond donors (Lipinski definition) is 1. The number of aliphatic imine (C=N–C) groups is 1. The molecule has 0 saturated carbocycles. The summed E-state index contributed by atoms with van der Waals surface area (Å²) in [6.07, 6.45) is 2.15. The van der Waals surface area contributed by atoms with Crippen molar-refractivity contribution in [3.8, 4) is 0 Å². The summed E-state index contributed by atoms with van der Waals surface area (Å²) < 4.78 is 0. The van der Waals surface area contributed by atoms with Gasteiger partial charge in [-0.15, -0.1) is 0 Å². The van der Waals surface area contributed by atoms with Crippen LogP contribution in [0.2, 0.25) is 0 Å². The van der Waals surface area contributed by atoms with Crippen LogP contribution in [0.3, 0.4) is 0 Å². The van der Waals surface area contributed by atoms with Crippen molar-refractivity contribution in [3.63, 3.8) is 0 Å². The van der Waals surface area contributed by atoms with Crippen LogP contribution < -0.4 is 5.73 Å². The zero-order chi connectivity index (χ0) is 9.56. The molecule has 0 heterocycles. The molecule has 0 amide bonds. The number of rotatable bonds is 4. The van der Waals surface area contributed by atoms with Crippen LogP contribution in [0.1, 0.15) is 33.6 Å². The summed E-state index contributed by atoms with van der Waals surface area (Å²) in [4.78, 5) is 6.26.